The average Bonchev–Trinajstić information content (AvgIpc) is 3.24. The van der Waals surface area contributed by atoms with Crippen LogP contribution in [-0.4, -0.2) is 45.6 Å². The molecule has 6 rings (SSSR count). The lowest BCUT2D eigenvalue weighted by Gasteiger charge is -2.37. The lowest BCUT2D eigenvalue weighted by molar-refractivity contribution is -0.172. The number of hydrogen-bond donors (Lipinski definition) is 3. The number of aromatic nitrogens is 2. The minimum absolute atomic E-state index is 0. The standard InChI is InChI=1S/C27H28FN3O6.ClH/c1-3-27(35)17-8-20-23-15(10-31(20)24(33)16(17)11-37-25(27)34)22-21-14(13(2)18(28)9-19(21)30-23)4-5-26(22,29)12-36-7-6-32;/h8-9,32,35H,3-7,10-12,29H2,1-2H3;1H/t26-,27-;/m0./s1. The summed E-state index contributed by atoms with van der Waals surface area (Å²) >= 11 is 0. The third kappa shape index (κ3) is 3.48. The molecule has 1 aromatic carbocycles. The largest absolute Gasteiger partial charge is 0.458 e. The highest BCUT2D eigenvalue weighted by Gasteiger charge is 2.46. The Kier molecular flexibility index (Phi) is 6.39. The third-order valence-corrected chi connectivity index (χ3v) is 8.22. The summed E-state index contributed by atoms with van der Waals surface area (Å²) in [6.07, 6.45) is 1.06. The number of carbonyl (C=O) groups excluding carboxylic acids is 1. The van der Waals surface area contributed by atoms with Crippen molar-refractivity contribution in [2.75, 3.05) is 19.8 Å². The highest BCUT2D eigenvalue weighted by Crippen LogP contribution is 2.47. The normalized spacial score (nSPS) is 22.9. The zero-order valence-electron chi connectivity index (χ0n) is 21.1. The molecule has 9 nitrogen and oxygen atoms in total. The van der Waals surface area contributed by atoms with Gasteiger partial charge in [-0.2, -0.15) is 0 Å². The van der Waals surface area contributed by atoms with Gasteiger partial charge in [-0.15, -0.1) is 12.4 Å². The molecule has 2 atom stereocenters. The number of ether oxygens (including phenoxy) is 2. The van der Waals surface area contributed by atoms with Crippen molar-refractivity contribution in [2.24, 2.45) is 5.73 Å². The van der Waals surface area contributed by atoms with E-state index in [9.17, 15) is 24.2 Å². The van der Waals surface area contributed by atoms with Gasteiger partial charge in [0.25, 0.3) is 5.56 Å². The number of aliphatic hydroxyl groups is 2. The number of carbonyl (C=O) groups is 1. The van der Waals surface area contributed by atoms with E-state index >= 15 is 0 Å². The van der Waals surface area contributed by atoms with Crippen molar-refractivity contribution in [3.8, 4) is 11.4 Å². The Bertz CT molecular complexity index is 1570. The van der Waals surface area contributed by atoms with E-state index in [2.05, 4.69) is 0 Å². The molecule has 3 aliphatic rings. The molecule has 0 saturated heterocycles. The highest BCUT2D eigenvalue weighted by molar-refractivity contribution is 5.93. The molecule has 0 amide bonds. The Balaban J connectivity index is 0.00000294. The Morgan fingerprint density at radius 3 is 2.74 bits per heavy atom. The third-order valence-electron chi connectivity index (χ3n) is 8.22. The molecule has 4 heterocycles. The number of esters is 1. The van der Waals surface area contributed by atoms with Crippen molar-refractivity contribution in [2.45, 2.75) is 57.4 Å². The van der Waals surface area contributed by atoms with Gasteiger partial charge in [0.05, 0.1) is 54.4 Å². The molecule has 2 aromatic heterocycles. The Morgan fingerprint density at radius 2 is 2.03 bits per heavy atom. The fourth-order valence-electron chi connectivity index (χ4n) is 6.19. The monoisotopic (exact) mass is 545 g/mol. The van der Waals surface area contributed by atoms with Crippen LogP contribution in [0.4, 0.5) is 4.39 Å². The van der Waals surface area contributed by atoms with E-state index in [0.717, 1.165) is 22.1 Å². The predicted octanol–water partition coefficient (Wildman–Crippen LogP) is 2.06. The first-order valence-electron chi connectivity index (χ1n) is 12.4. The summed E-state index contributed by atoms with van der Waals surface area (Å²) in [5.41, 5.74) is 8.36. The number of benzene rings is 1. The van der Waals surface area contributed by atoms with Crippen molar-refractivity contribution in [1.29, 1.82) is 0 Å². The van der Waals surface area contributed by atoms with Gasteiger partial charge in [-0.05, 0) is 48.9 Å². The van der Waals surface area contributed by atoms with Gasteiger partial charge in [0.2, 0.25) is 0 Å². The maximum absolute atomic E-state index is 15.0. The van der Waals surface area contributed by atoms with Gasteiger partial charge >= 0.3 is 5.97 Å². The topological polar surface area (TPSA) is 137 Å². The second-order valence-electron chi connectivity index (χ2n) is 10.2. The van der Waals surface area contributed by atoms with Gasteiger partial charge in [0.1, 0.15) is 12.4 Å². The molecule has 0 radical (unpaired) electrons. The van der Waals surface area contributed by atoms with Gasteiger partial charge in [-0.25, -0.2) is 14.2 Å². The SMILES string of the molecule is CC[C@@]1(O)C(=O)OCc2c1cc1n(c2=O)Cc2c-1nc1cc(F)c(C)c3c1c2[C@@](N)(COCCO)CC3.Cl. The summed E-state index contributed by atoms with van der Waals surface area (Å²) in [4.78, 5) is 30.9. The lowest BCUT2D eigenvalue weighted by Crippen LogP contribution is -2.45. The maximum atomic E-state index is 15.0. The van der Waals surface area contributed by atoms with Gasteiger partial charge in [0.15, 0.2) is 5.60 Å². The van der Waals surface area contributed by atoms with Crippen LogP contribution < -0.4 is 11.3 Å². The quantitative estimate of drug-likeness (QED) is 0.256. The number of aliphatic hydroxyl groups excluding tert-OH is 1. The number of hydrogen-bond acceptors (Lipinski definition) is 8. The minimum atomic E-state index is -1.94. The molecule has 0 saturated carbocycles. The molecular formula is C27H29ClFN3O6. The fraction of sp³-hybridized carbons (Fsp3) is 0.444. The van der Waals surface area contributed by atoms with Crippen LogP contribution in [0.15, 0.2) is 16.9 Å². The van der Waals surface area contributed by atoms with Crippen LogP contribution >= 0.6 is 12.4 Å². The van der Waals surface area contributed by atoms with Crippen molar-refractivity contribution in [3.05, 3.63) is 61.7 Å². The van der Waals surface area contributed by atoms with Crippen LogP contribution in [0.3, 0.4) is 0 Å². The second-order valence-corrected chi connectivity index (χ2v) is 10.2. The zero-order chi connectivity index (χ0) is 26.3. The number of fused-ring (bicyclic) bond motifs is 5. The molecule has 4 N–H and O–H groups in total. The minimum Gasteiger partial charge on any atom is -0.458 e. The van der Waals surface area contributed by atoms with Crippen LogP contribution in [-0.2, 0) is 45.0 Å². The molecular weight excluding hydrogens is 517 g/mol. The van der Waals surface area contributed by atoms with E-state index in [4.69, 9.17) is 20.2 Å². The zero-order valence-corrected chi connectivity index (χ0v) is 21.9. The number of aryl methyl sites for hydroxylation is 1. The van der Waals surface area contributed by atoms with Crippen molar-refractivity contribution < 1.29 is 28.9 Å². The van der Waals surface area contributed by atoms with Crippen LogP contribution in [0.5, 0.6) is 0 Å². The van der Waals surface area contributed by atoms with Crippen LogP contribution in [0.1, 0.15) is 53.1 Å². The first-order chi connectivity index (χ1) is 17.6. The van der Waals surface area contributed by atoms with E-state index in [1.54, 1.807) is 24.5 Å². The smallest absolute Gasteiger partial charge is 0.343 e. The fourth-order valence-corrected chi connectivity index (χ4v) is 6.19. The number of rotatable bonds is 5. The summed E-state index contributed by atoms with van der Waals surface area (Å²) in [6.45, 7) is 3.46. The van der Waals surface area contributed by atoms with Gasteiger partial charge in [-0.1, -0.05) is 6.92 Å². The van der Waals surface area contributed by atoms with Gasteiger partial charge < -0.3 is 30.0 Å². The molecule has 1 aliphatic carbocycles. The summed E-state index contributed by atoms with van der Waals surface area (Å²) in [5, 5.41) is 21.2. The number of halogens is 2. The highest BCUT2D eigenvalue weighted by atomic mass is 35.5. The predicted molar refractivity (Wildman–Crippen MR) is 139 cm³/mol. The van der Waals surface area contributed by atoms with Crippen LogP contribution in [0.25, 0.3) is 22.3 Å². The van der Waals surface area contributed by atoms with E-state index in [1.165, 1.54) is 6.07 Å². The summed E-state index contributed by atoms with van der Waals surface area (Å²) in [5.74, 6) is -1.17. The molecule has 202 valence electrons. The average molecular weight is 546 g/mol. The number of nitrogens with zero attached hydrogens (tertiary/aromatic N) is 2. The molecule has 11 heteroatoms. The number of nitrogens with two attached hydrogens (primary N) is 1. The summed E-state index contributed by atoms with van der Waals surface area (Å²) in [6, 6.07) is 3.02. The molecule has 0 unspecified atom stereocenters. The molecule has 3 aromatic rings. The summed E-state index contributed by atoms with van der Waals surface area (Å²) in [7, 11) is 0. The second kappa shape index (κ2) is 9.10. The first kappa shape index (κ1) is 26.7. The molecule has 0 bridgehead atoms. The van der Waals surface area contributed by atoms with Crippen molar-refractivity contribution in [1.82, 2.24) is 9.55 Å². The lowest BCUT2D eigenvalue weighted by atomic mass is 9.74. The van der Waals surface area contributed by atoms with Gasteiger partial charge in [0, 0.05) is 22.6 Å². The van der Waals surface area contributed by atoms with Crippen LogP contribution in [0, 0.1) is 12.7 Å². The molecule has 2 aliphatic heterocycles. The van der Waals surface area contributed by atoms with E-state index in [1.807, 2.05) is 0 Å². The Morgan fingerprint density at radius 1 is 1.26 bits per heavy atom. The van der Waals surface area contributed by atoms with E-state index < -0.39 is 17.1 Å². The number of pyridine rings is 2. The molecule has 0 fully saturated rings. The molecule has 38 heavy (non-hydrogen) atoms. The molecule has 0 spiro atoms. The number of cyclic esters (lactones) is 1. The first-order valence-corrected chi connectivity index (χ1v) is 12.4. The summed E-state index contributed by atoms with van der Waals surface area (Å²) < 4.78 is 27.4. The van der Waals surface area contributed by atoms with Crippen molar-refractivity contribution >= 4 is 29.3 Å². The Labute approximate surface area is 223 Å². The van der Waals surface area contributed by atoms with Crippen molar-refractivity contribution in [3.63, 3.8) is 0 Å². The maximum Gasteiger partial charge on any atom is 0.343 e. The Hall–Kier alpha value is -2.89. The van der Waals surface area contributed by atoms with Crippen LogP contribution in [0.2, 0.25) is 0 Å². The van der Waals surface area contributed by atoms with E-state index in [0.29, 0.717) is 35.3 Å². The van der Waals surface area contributed by atoms with E-state index in [-0.39, 0.29) is 74.3 Å². The van der Waals surface area contributed by atoms with Gasteiger partial charge in [-0.3, -0.25) is 4.79 Å².